The van der Waals surface area contributed by atoms with Crippen molar-refractivity contribution in [1.82, 2.24) is 0 Å². The van der Waals surface area contributed by atoms with Crippen LogP contribution in [0.25, 0.3) is 10.8 Å². The second-order valence-electron chi connectivity index (χ2n) is 2.87. The van der Waals surface area contributed by atoms with Crippen molar-refractivity contribution in [3.05, 3.63) is 42.0 Å². The zero-order chi connectivity index (χ0) is 8.55. The summed E-state index contributed by atoms with van der Waals surface area (Å²) >= 11 is 0. The van der Waals surface area contributed by atoms with Gasteiger partial charge in [-0.2, -0.15) is 0 Å². The molecule has 0 bridgehead atoms. The zero-order valence-electron chi connectivity index (χ0n) is 6.83. The van der Waals surface area contributed by atoms with Gasteiger partial charge in [0.25, 0.3) is 0 Å². The van der Waals surface area contributed by atoms with Gasteiger partial charge in [0.15, 0.2) is 0 Å². The van der Waals surface area contributed by atoms with E-state index in [2.05, 4.69) is 6.07 Å². The lowest BCUT2D eigenvalue weighted by Crippen LogP contribution is -1.77. The van der Waals surface area contributed by atoms with Gasteiger partial charge in [-0.25, -0.2) is 0 Å². The molecule has 59 valence electrons. The van der Waals surface area contributed by atoms with E-state index in [-0.39, 0.29) is 0 Å². The van der Waals surface area contributed by atoms with Crippen LogP contribution in [0.2, 0.25) is 0 Å². The number of phenolic OH excluding ortho intramolecular Hbond substituents is 1. The van der Waals surface area contributed by atoms with E-state index < -0.39 is 0 Å². The molecule has 1 nitrogen and oxygen atoms in total. The molecule has 12 heavy (non-hydrogen) atoms. The number of phenols is 1. The van der Waals surface area contributed by atoms with Gasteiger partial charge in [0.05, 0.1) is 0 Å². The molecular weight excluding hydrogens is 148 g/mol. The summed E-state index contributed by atoms with van der Waals surface area (Å²) in [5.74, 6) is 0.365. The molecule has 0 saturated heterocycles. The largest absolute Gasteiger partial charge is 0.507 e. The second-order valence-corrected chi connectivity index (χ2v) is 2.87. The predicted molar refractivity (Wildman–Crippen MR) is 49.2 cm³/mol. The highest BCUT2D eigenvalue weighted by Gasteiger charge is 2.00. The molecule has 0 aromatic heterocycles. The topological polar surface area (TPSA) is 20.2 Å². The first-order valence-corrected chi connectivity index (χ1v) is 3.88. The number of benzene rings is 2. The molecule has 0 heterocycles. The van der Waals surface area contributed by atoms with Crippen molar-refractivity contribution in [2.24, 2.45) is 0 Å². The fourth-order valence-corrected chi connectivity index (χ4v) is 1.28. The first-order chi connectivity index (χ1) is 5.79. The lowest BCUT2D eigenvalue weighted by molar-refractivity contribution is 0.477. The molecule has 0 aliphatic rings. The Balaban J connectivity index is 2.91. The van der Waals surface area contributed by atoms with Crippen LogP contribution in [0.4, 0.5) is 0 Å². The Bertz CT molecular complexity index is 418. The number of hydrogen-bond donors (Lipinski definition) is 1. The third-order valence-electron chi connectivity index (χ3n) is 2.00. The van der Waals surface area contributed by atoms with E-state index in [1.54, 1.807) is 6.07 Å². The van der Waals surface area contributed by atoms with Crippen molar-refractivity contribution >= 4 is 10.8 Å². The quantitative estimate of drug-likeness (QED) is 0.623. The fourth-order valence-electron chi connectivity index (χ4n) is 1.28. The van der Waals surface area contributed by atoms with E-state index >= 15 is 0 Å². The van der Waals surface area contributed by atoms with E-state index in [9.17, 15) is 5.11 Å². The molecule has 0 unspecified atom stereocenters. The highest BCUT2D eigenvalue weighted by Crippen LogP contribution is 2.26. The molecule has 2 aromatic rings. The summed E-state index contributed by atoms with van der Waals surface area (Å²) in [6.07, 6.45) is 0. The first-order valence-electron chi connectivity index (χ1n) is 3.88. The summed E-state index contributed by atoms with van der Waals surface area (Å²) in [6, 6.07) is 12.6. The molecule has 2 rings (SSSR count). The van der Waals surface area contributed by atoms with Crippen LogP contribution in [-0.2, 0) is 0 Å². The average Bonchev–Trinajstić information content (AvgIpc) is 2.12. The molecule has 0 fully saturated rings. The van der Waals surface area contributed by atoms with Gasteiger partial charge in [-0.1, -0.05) is 24.3 Å². The van der Waals surface area contributed by atoms with Gasteiger partial charge in [0.2, 0.25) is 0 Å². The highest BCUT2D eigenvalue weighted by atomic mass is 16.3. The maximum atomic E-state index is 9.64. The van der Waals surface area contributed by atoms with Gasteiger partial charge < -0.3 is 5.11 Å². The summed E-state index contributed by atoms with van der Waals surface area (Å²) in [4.78, 5) is 0. The van der Waals surface area contributed by atoms with Gasteiger partial charge in [-0.15, -0.1) is 0 Å². The summed E-state index contributed by atoms with van der Waals surface area (Å²) < 4.78 is 0. The summed E-state index contributed by atoms with van der Waals surface area (Å²) in [6.45, 7) is 1.87. The van der Waals surface area contributed by atoms with Gasteiger partial charge in [0.1, 0.15) is 5.75 Å². The molecule has 1 N–H and O–H groups in total. The molecule has 1 radical (unpaired) electrons. The van der Waals surface area contributed by atoms with Gasteiger partial charge in [-0.05, 0) is 30.0 Å². The Hall–Kier alpha value is -1.50. The molecule has 0 spiro atoms. The van der Waals surface area contributed by atoms with Gasteiger partial charge in [-0.3, -0.25) is 0 Å². The molecule has 0 aliphatic carbocycles. The lowest BCUT2D eigenvalue weighted by Gasteiger charge is -2.02. The second kappa shape index (κ2) is 2.52. The van der Waals surface area contributed by atoms with Crippen molar-refractivity contribution in [2.45, 2.75) is 6.92 Å². The van der Waals surface area contributed by atoms with Crippen LogP contribution in [-0.4, -0.2) is 5.11 Å². The molecule has 0 aliphatic heterocycles. The van der Waals surface area contributed by atoms with Gasteiger partial charge in [0, 0.05) is 5.39 Å². The molecule has 2 aromatic carbocycles. The molecule has 0 atom stereocenters. The van der Waals surface area contributed by atoms with Crippen LogP contribution >= 0.6 is 0 Å². The average molecular weight is 157 g/mol. The summed E-state index contributed by atoms with van der Waals surface area (Å²) in [7, 11) is 0. The number of aryl methyl sites for hydroxylation is 1. The Morgan fingerprint density at radius 3 is 2.83 bits per heavy atom. The van der Waals surface area contributed by atoms with Crippen LogP contribution in [0.1, 0.15) is 5.56 Å². The summed E-state index contributed by atoms with van der Waals surface area (Å²) in [5, 5.41) is 11.5. The smallest absolute Gasteiger partial charge is 0.126 e. The normalized spacial score (nSPS) is 10.4. The minimum absolute atomic E-state index is 0.365. The van der Waals surface area contributed by atoms with Gasteiger partial charge >= 0.3 is 0 Å². The van der Waals surface area contributed by atoms with Crippen LogP contribution in [0.5, 0.6) is 5.75 Å². The number of hydrogen-bond acceptors (Lipinski definition) is 1. The molecular formula is C11H9O. The predicted octanol–water partition coefficient (Wildman–Crippen LogP) is 2.65. The standard InChI is InChI=1S/C11H9O/c1-8-6-7-9-4-2-3-5-10(9)11(8)12/h2-6,12H,1H3. The summed E-state index contributed by atoms with van der Waals surface area (Å²) in [5.41, 5.74) is 0.869. The Morgan fingerprint density at radius 2 is 2.00 bits per heavy atom. The fraction of sp³-hybridized carbons (Fsp3) is 0.0909. The Labute approximate surface area is 71.3 Å². The van der Waals surface area contributed by atoms with E-state index in [1.165, 1.54) is 0 Å². The van der Waals surface area contributed by atoms with Crippen molar-refractivity contribution in [2.75, 3.05) is 0 Å². The molecule has 0 saturated carbocycles. The number of fused-ring (bicyclic) bond motifs is 1. The van der Waals surface area contributed by atoms with E-state index in [0.29, 0.717) is 5.75 Å². The minimum atomic E-state index is 0.365. The van der Waals surface area contributed by atoms with Crippen molar-refractivity contribution in [3.63, 3.8) is 0 Å². The van der Waals surface area contributed by atoms with Crippen LogP contribution in [0, 0.1) is 13.0 Å². The number of rotatable bonds is 0. The van der Waals surface area contributed by atoms with Crippen LogP contribution in [0.3, 0.4) is 0 Å². The van der Waals surface area contributed by atoms with E-state index in [4.69, 9.17) is 0 Å². The van der Waals surface area contributed by atoms with Crippen LogP contribution in [0.15, 0.2) is 30.3 Å². The SMILES string of the molecule is Cc1c[c]c2ccccc2c1O. The third kappa shape index (κ3) is 0.944. The lowest BCUT2D eigenvalue weighted by atomic mass is 10.1. The molecule has 0 amide bonds. The first kappa shape index (κ1) is 7.17. The highest BCUT2D eigenvalue weighted by molar-refractivity contribution is 5.88. The zero-order valence-corrected chi connectivity index (χ0v) is 6.83. The minimum Gasteiger partial charge on any atom is -0.507 e. The maximum Gasteiger partial charge on any atom is 0.126 e. The van der Waals surface area contributed by atoms with Crippen molar-refractivity contribution in [1.29, 1.82) is 0 Å². The maximum absolute atomic E-state index is 9.64. The molecule has 1 heteroatoms. The van der Waals surface area contributed by atoms with Crippen LogP contribution < -0.4 is 0 Å². The number of aromatic hydroxyl groups is 1. The van der Waals surface area contributed by atoms with Crippen molar-refractivity contribution in [3.8, 4) is 5.75 Å². The Kier molecular flexibility index (Phi) is 1.51. The van der Waals surface area contributed by atoms with Crippen molar-refractivity contribution < 1.29 is 5.11 Å². The van der Waals surface area contributed by atoms with E-state index in [1.807, 2.05) is 31.2 Å². The van der Waals surface area contributed by atoms with E-state index in [0.717, 1.165) is 16.3 Å². The third-order valence-corrected chi connectivity index (χ3v) is 2.00. The Morgan fingerprint density at radius 1 is 1.25 bits per heavy atom. The monoisotopic (exact) mass is 157 g/mol.